The normalized spacial score (nSPS) is 13.7. The molecular formula is C24H48N2O7Si2. The second kappa shape index (κ2) is 18.9. The Hall–Kier alpha value is -1.35. The van der Waals surface area contributed by atoms with E-state index < -0.39 is 40.8 Å². The summed E-state index contributed by atoms with van der Waals surface area (Å²) in [5.74, 6) is -1.06. The third kappa shape index (κ3) is 20.5. The fourth-order valence-electron chi connectivity index (χ4n) is 3.58. The molecule has 35 heavy (non-hydrogen) atoms. The average molecular weight is 533 g/mol. The predicted molar refractivity (Wildman–Crippen MR) is 144 cm³/mol. The maximum atomic E-state index is 11.0. The van der Waals surface area contributed by atoms with E-state index in [1.807, 2.05) is 0 Å². The Morgan fingerprint density at radius 3 is 1.49 bits per heavy atom. The van der Waals surface area contributed by atoms with Crippen molar-refractivity contribution in [3.63, 3.8) is 0 Å². The lowest BCUT2D eigenvalue weighted by atomic mass is 10.3. The number of hydrogen-bond donors (Lipinski definition) is 4. The number of aliphatic hydroxyl groups excluding tert-OH is 2. The maximum absolute atomic E-state index is 11.0. The molecule has 0 heterocycles. The molecule has 0 aromatic rings. The van der Waals surface area contributed by atoms with Crippen LogP contribution in [0.4, 0.5) is 0 Å². The summed E-state index contributed by atoms with van der Waals surface area (Å²) in [7, 11) is -3.48. The van der Waals surface area contributed by atoms with Crippen molar-refractivity contribution in [2.24, 2.45) is 0 Å². The highest BCUT2D eigenvalue weighted by Crippen LogP contribution is 2.24. The minimum Gasteiger partial charge on any atom is -0.460 e. The lowest BCUT2D eigenvalue weighted by Crippen LogP contribution is -2.44. The molecule has 0 aliphatic heterocycles. The molecule has 0 rings (SSSR count). The number of carbonyl (C=O) groups excluding carboxylic acids is 2. The van der Waals surface area contributed by atoms with Gasteiger partial charge >= 0.3 is 11.9 Å². The Bertz CT molecular complexity index is 581. The van der Waals surface area contributed by atoms with E-state index in [9.17, 15) is 19.8 Å². The fraction of sp³-hybridized carbons (Fsp3) is 0.750. The van der Waals surface area contributed by atoms with Crippen LogP contribution in [0, 0.1) is 0 Å². The molecule has 0 amide bonds. The van der Waals surface area contributed by atoms with Gasteiger partial charge in [0.25, 0.3) is 0 Å². The lowest BCUT2D eigenvalue weighted by Gasteiger charge is -2.34. The summed E-state index contributed by atoms with van der Waals surface area (Å²) >= 11 is 0. The molecule has 11 heteroatoms. The molecule has 9 nitrogen and oxygen atoms in total. The van der Waals surface area contributed by atoms with Gasteiger partial charge in [-0.05, 0) is 64.2 Å². The van der Waals surface area contributed by atoms with E-state index in [0.717, 1.165) is 63.0 Å². The van der Waals surface area contributed by atoms with Crippen LogP contribution in [-0.4, -0.2) is 90.4 Å². The highest BCUT2D eigenvalue weighted by molar-refractivity contribution is 6.84. The molecule has 0 aliphatic rings. The van der Waals surface area contributed by atoms with Crippen molar-refractivity contribution >= 4 is 28.6 Å². The van der Waals surface area contributed by atoms with Gasteiger partial charge in [0.1, 0.15) is 25.4 Å². The van der Waals surface area contributed by atoms with E-state index in [2.05, 4.69) is 50.0 Å². The third-order valence-corrected chi connectivity index (χ3v) is 12.8. The van der Waals surface area contributed by atoms with Gasteiger partial charge in [0, 0.05) is 25.2 Å². The number of esters is 2. The zero-order chi connectivity index (χ0) is 26.7. The topological polar surface area (TPSA) is 126 Å². The van der Waals surface area contributed by atoms with Crippen molar-refractivity contribution in [3.05, 3.63) is 25.3 Å². The Kier molecular flexibility index (Phi) is 18.1. The van der Waals surface area contributed by atoms with Gasteiger partial charge in [-0.25, -0.2) is 9.59 Å². The van der Waals surface area contributed by atoms with Crippen molar-refractivity contribution < 1.29 is 33.4 Å². The summed E-state index contributed by atoms with van der Waals surface area (Å²) in [4.78, 5) is 22.0. The molecule has 0 spiro atoms. The maximum Gasteiger partial charge on any atom is 0.330 e. The third-order valence-electron chi connectivity index (χ3n) is 5.25. The molecule has 0 bridgehead atoms. The Labute approximate surface area is 213 Å². The van der Waals surface area contributed by atoms with Crippen molar-refractivity contribution in [3.8, 4) is 0 Å². The average Bonchev–Trinajstić information content (AvgIpc) is 2.79. The molecular weight excluding hydrogens is 484 g/mol. The number of carbonyl (C=O) groups is 2. The van der Waals surface area contributed by atoms with Crippen molar-refractivity contribution in [2.45, 2.75) is 76.2 Å². The van der Waals surface area contributed by atoms with Gasteiger partial charge in [-0.2, -0.15) is 0 Å². The first-order valence-electron chi connectivity index (χ1n) is 12.5. The minimum absolute atomic E-state index is 0.0312. The molecule has 0 saturated heterocycles. The van der Waals surface area contributed by atoms with Crippen LogP contribution in [0.5, 0.6) is 0 Å². The van der Waals surface area contributed by atoms with Crippen LogP contribution < -0.4 is 10.6 Å². The Balaban J connectivity index is 3.90. The van der Waals surface area contributed by atoms with E-state index in [1.165, 1.54) is 0 Å². The van der Waals surface area contributed by atoms with Crippen LogP contribution in [0.25, 0.3) is 0 Å². The Morgan fingerprint density at radius 1 is 0.771 bits per heavy atom. The van der Waals surface area contributed by atoms with Gasteiger partial charge in [0.05, 0.1) is 0 Å². The number of nitrogens with one attached hydrogen (secondary N) is 2. The van der Waals surface area contributed by atoms with Crippen LogP contribution in [0.2, 0.25) is 38.3 Å². The molecule has 0 saturated carbocycles. The van der Waals surface area contributed by atoms with E-state index in [4.69, 9.17) is 13.6 Å². The minimum atomic E-state index is -1.74. The summed E-state index contributed by atoms with van der Waals surface area (Å²) in [6, 6.07) is 2.20. The molecule has 2 unspecified atom stereocenters. The summed E-state index contributed by atoms with van der Waals surface area (Å²) in [6.07, 6.45) is 4.88. The summed E-state index contributed by atoms with van der Waals surface area (Å²) in [5.41, 5.74) is 0. The standard InChI is InChI=1S/C24H48N2O7Si2/c1-7-23(29)31-19-21(27)17-25-13-9-11-15-34(3,4)33-35(5,6)16-12-10-14-26-18-22(28)20-32-24(30)8-2/h7-8,21-22,25-28H,1-2,9-20H2,3-6H3. The van der Waals surface area contributed by atoms with Crippen LogP contribution in [0.1, 0.15) is 25.7 Å². The van der Waals surface area contributed by atoms with Crippen molar-refractivity contribution in [1.82, 2.24) is 10.6 Å². The van der Waals surface area contributed by atoms with Gasteiger partial charge in [-0.15, -0.1) is 0 Å². The summed E-state index contributed by atoms with van der Waals surface area (Å²) < 4.78 is 16.3. The van der Waals surface area contributed by atoms with Gasteiger partial charge in [0.15, 0.2) is 16.6 Å². The molecule has 2 atom stereocenters. The Morgan fingerprint density at radius 2 is 1.14 bits per heavy atom. The van der Waals surface area contributed by atoms with Crippen LogP contribution in [-0.2, 0) is 23.2 Å². The number of hydrogen-bond acceptors (Lipinski definition) is 9. The van der Waals surface area contributed by atoms with Crippen LogP contribution in [0.15, 0.2) is 25.3 Å². The number of aliphatic hydroxyl groups is 2. The zero-order valence-corrected chi connectivity index (χ0v) is 24.1. The van der Waals surface area contributed by atoms with Crippen LogP contribution >= 0.6 is 0 Å². The van der Waals surface area contributed by atoms with Crippen molar-refractivity contribution in [1.29, 1.82) is 0 Å². The van der Waals surface area contributed by atoms with Crippen molar-refractivity contribution in [2.75, 3.05) is 39.4 Å². The first-order valence-corrected chi connectivity index (χ1v) is 18.7. The van der Waals surface area contributed by atoms with Gasteiger partial charge in [-0.3, -0.25) is 0 Å². The van der Waals surface area contributed by atoms with Gasteiger partial charge < -0.3 is 34.4 Å². The molecule has 0 aromatic heterocycles. The predicted octanol–water partition coefficient (Wildman–Crippen LogP) is 2.33. The molecule has 0 aliphatic carbocycles. The molecule has 0 fully saturated rings. The zero-order valence-electron chi connectivity index (χ0n) is 22.1. The SMILES string of the molecule is C=CC(=O)OCC(O)CNCCCC[Si](C)(C)O[Si](C)(C)CCCCNCC(O)COC(=O)C=C. The van der Waals surface area contributed by atoms with E-state index in [-0.39, 0.29) is 13.2 Å². The number of unbranched alkanes of at least 4 members (excludes halogenated alkanes) is 2. The second-order valence-corrected chi connectivity index (χ2v) is 18.8. The summed E-state index contributed by atoms with van der Waals surface area (Å²) in [5, 5.41) is 26.0. The number of rotatable bonds is 22. The quantitative estimate of drug-likeness (QED) is 0.0719. The lowest BCUT2D eigenvalue weighted by molar-refractivity contribution is -0.141. The first kappa shape index (κ1) is 33.7. The van der Waals surface area contributed by atoms with E-state index >= 15 is 0 Å². The second-order valence-electron chi connectivity index (χ2n) is 9.92. The van der Waals surface area contributed by atoms with Crippen LogP contribution in [0.3, 0.4) is 0 Å². The number of ether oxygens (including phenoxy) is 2. The highest BCUT2D eigenvalue weighted by atomic mass is 28.4. The van der Waals surface area contributed by atoms with Gasteiger partial charge in [0.2, 0.25) is 0 Å². The fourth-order valence-corrected chi connectivity index (χ4v) is 12.6. The largest absolute Gasteiger partial charge is 0.460 e. The molecule has 4 N–H and O–H groups in total. The van der Waals surface area contributed by atoms with Gasteiger partial charge in [-0.1, -0.05) is 26.0 Å². The van der Waals surface area contributed by atoms with E-state index in [0.29, 0.717) is 13.1 Å². The monoisotopic (exact) mass is 532 g/mol. The molecule has 204 valence electrons. The first-order chi connectivity index (χ1) is 16.4. The molecule has 0 aromatic carbocycles. The smallest absolute Gasteiger partial charge is 0.330 e. The molecule has 0 radical (unpaired) electrons. The highest BCUT2D eigenvalue weighted by Gasteiger charge is 2.32. The summed E-state index contributed by atoms with van der Waals surface area (Å²) in [6.45, 7) is 18.1. The van der Waals surface area contributed by atoms with E-state index in [1.54, 1.807) is 0 Å².